The summed E-state index contributed by atoms with van der Waals surface area (Å²) in [7, 11) is 0. The van der Waals surface area contributed by atoms with E-state index in [1.807, 2.05) is 29.6 Å². The fourth-order valence-electron chi connectivity index (χ4n) is 2.52. The number of hydrogen-bond donors (Lipinski definition) is 1. The van der Waals surface area contributed by atoms with Crippen LogP contribution in [0.1, 0.15) is 16.3 Å². The average Bonchev–Trinajstić information content (AvgIpc) is 3.02. The van der Waals surface area contributed by atoms with Gasteiger partial charge < -0.3 is 10.1 Å². The van der Waals surface area contributed by atoms with E-state index < -0.39 is 0 Å². The molecule has 1 aliphatic rings. The van der Waals surface area contributed by atoms with Crippen LogP contribution in [-0.4, -0.2) is 42.1 Å². The predicted molar refractivity (Wildman–Crippen MR) is 95.2 cm³/mol. The number of carbonyl (C=O) groups excluding carboxylic acids is 1. The largest absolute Gasteiger partial charge is 0.379 e. The SMILES string of the molecule is O=C(Cc1csc(CN2CCOCC2)n1)NCc1ccccc1Cl. The maximum absolute atomic E-state index is 12.1. The first-order valence-electron chi connectivity index (χ1n) is 7.94. The van der Waals surface area contributed by atoms with Crippen LogP contribution in [0.5, 0.6) is 0 Å². The molecule has 0 atom stereocenters. The number of thiazole rings is 1. The van der Waals surface area contributed by atoms with Crippen LogP contribution in [0.4, 0.5) is 0 Å². The molecule has 0 bridgehead atoms. The van der Waals surface area contributed by atoms with Crippen LogP contribution in [0.25, 0.3) is 0 Å². The Kier molecular flexibility index (Phi) is 6.20. The highest BCUT2D eigenvalue weighted by molar-refractivity contribution is 7.09. The minimum Gasteiger partial charge on any atom is -0.379 e. The number of aromatic nitrogens is 1. The van der Waals surface area contributed by atoms with Gasteiger partial charge in [0.2, 0.25) is 5.91 Å². The van der Waals surface area contributed by atoms with Gasteiger partial charge in [-0.15, -0.1) is 11.3 Å². The molecule has 128 valence electrons. The number of carbonyl (C=O) groups is 1. The van der Waals surface area contributed by atoms with Gasteiger partial charge in [-0.3, -0.25) is 9.69 Å². The van der Waals surface area contributed by atoms with Crippen molar-refractivity contribution in [2.75, 3.05) is 26.3 Å². The van der Waals surface area contributed by atoms with E-state index in [1.54, 1.807) is 11.3 Å². The molecule has 0 saturated carbocycles. The summed E-state index contributed by atoms with van der Waals surface area (Å²) in [6, 6.07) is 7.51. The van der Waals surface area contributed by atoms with Crippen molar-refractivity contribution in [2.24, 2.45) is 0 Å². The Labute approximate surface area is 150 Å². The molecule has 7 heteroatoms. The molecular formula is C17H20ClN3O2S. The van der Waals surface area contributed by atoms with Crippen LogP contribution in [0.3, 0.4) is 0 Å². The zero-order valence-corrected chi connectivity index (χ0v) is 14.9. The number of hydrogen-bond acceptors (Lipinski definition) is 5. The number of benzene rings is 1. The number of nitrogens with zero attached hydrogens (tertiary/aromatic N) is 2. The van der Waals surface area contributed by atoms with Crippen LogP contribution in [0, 0.1) is 0 Å². The lowest BCUT2D eigenvalue weighted by Crippen LogP contribution is -2.35. The highest BCUT2D eigenvalue weighted by Gasteiger charge is 2.14. The van der Waals surface area contributed by atoms with Crippen molar-refractivity contribution in [1.82, 2.24) is 15.2 Å². The Morgan fingerprint density at radius 3 is 2.92 bits per heavy atom. The van der Waals surface area contributed by atoms with Gasteiger partial charge in [0.1, 0.15) is 5.01 Å². The Morgan fingerprint density at radius 2 is 2.12 bits per heavy atom. The van der Waals surface area contributed by atoms with E-state index in [4.69, 9.17) is 16.3 Å². The maximum Gasteiger partial charge on any atom is 0.226 e. The fraction of sp³-hybridized carbons (Fsp3) is 0.412. The first-order valence-corrected chi connectivity index (χ1v) is 9.20. The molecule has 1 N–H and O–H groups in total. The Hall–Kier alpha value is -1.47. The van der Waals surface area contributed by atoms with Gasteiger partial charge in [-0.1, -0.05) is 29.8 Å². The third kappa shape index (κ3) is 5.01. The second-order valence-electron chi connectivity index (χ2n) is 5.67. The molecular weight excluding hydrogens is 346 g/mol. The summed E-state index contributed by atoms with van der Waals surface area (Å²) >= 11 is 7.70. The van der Waals surface area contributed by atoms with Gasteiger partial charge in [-0.2, -0.15) is 0 Å². The summed E-state index contributed by atoms with van der Waals surface area (Å²) in [5.41, 5.74) is 1.73. The van der Waals surface area contributed by atoms with Crippen molar-refractivity contribution >= 4 is 28.8 Å². The lowest BCUT2D eigenvalue weighted by Gasteiger charge is -2.25. The summed E-state index contributed by atoms with van der Waals surface area (Å²) in [5.74, 6) is -0.0434. The first kappa shape index (κ1) is 17.4. The standard InChI is InChI=1S/C17H20ClN3O2S/c18-15-4-2-1-3-13(15)10-19-16(22)9-14-12-24-17(20-14)11-21-5-7-23-8-6-21/h1-4,12H,5-11H2,(H,19,22). The van der Waals surface area contributed by atoms with Crippen LogP contribution >= 0.6 is 22.9 Å². The molecule has 5 nitrogen and oxygen atoms in total. The van der Waals surface area contributed by atoms with E-state index in [1.165, 1.54) is 0 Å². The molecule has 1 aromatic carbocycles. The van der Waals surface area contributed by atoms with Crippen LogP contribution in [-0.2, 0) is 29.0 Å². The highest BCUT2D eigenvalue weighted by atomic mass is 35.5. The molecule has 2 heterocycles. The number of morpholine rings is 1. The minimum absolute atomic E-state index is 0.0434. The van der Waals surface area contributed by atoms with E-state index >= 15 is 0 Å². The monoisotopic (exact) mass is 365 g/mol. The average molecular weight is 366 g/mol. The summed E-state index contributed by atoms with van der Waals surface area (Å²) in [5, 5.41) is 6.57. The molecule has 1 aliphatic heterocycles. The second-order valence-corrected chi connectivity index (χ2v) is 7.02. The van der Waals surface area contributed by atoms with Crippen molar-refractivity contribution in [3.8, 4) is 0 Å². The lowest BCUT2D eigenvalue weighted by atomic mass is 10.2. The van der Waals surface area contributed by atoms with Crippen molar-refractivity contribution < 1.29 is 9.53 Å². The summed E-state index contributed by atoms with van der Waals surface area (Å²) in [6.45, 7) is 4.70. The molecule has 0 aliphatic carbocycles. The second kappa shape index (κ2) is 8.58. The molecule has 0 spiro atoms. The Morgan fingerprint density at radius 1 is 1.33 bits per heavy atom. The van der Waals surface area contributed by atoms with Gasteiger partial charge in [0.15, 0.2) is 0 Å². The quantitative estimate of drug-likeness (QED) is 0.854. The fourth-order valence-corrected chi connectivity index (χ4v) is 3.55. The van der Waals surface area contributed by atoms with Crippen LogP contribution < -0.4 is 5.32 Å². The topological polar surface area (TPSA) is 54.5 Å². The summed E-state index contributed by atoms with van der Waals surface area (Å²) in [4.78, 5) is 19.0. The Bertz CT molecular complexity index is 686. The number of nitrogens with one attached hydrogen (secondary N) is 1. The van der Waals surface area contributed by atoms with Gasteiger partial charge in [-0.05, 0) is 11.6 Å². The summed E-state index contributed by atoms with van der Waals surface area (Å²) in [6.07, 6.45) is 0.296. The zero-order chi connectivity index (χ0) is 16.8. The van der Waals surface area contributed by atoms with Crippen molar-refractivity contribution in [2.45, 2.75) is 19.5 Å². The Balaban J connectivity index is 1.47. The molecule has 1 saturated heterocycles. The number of halogens is 1. The van der Waals surface area contributed by atoms with E-state index in [-0.39, 0.29) is 5.91 Å². The smallest absolute Gasteiger partial charge is 0.226 e. The molecule has 1 amide bonds. The molecule has 0 radical (unpaired) electrons. The lowest BCUT2D eigenvalue weighted by molar-refractivity contribution is -0.120. The van der Waals surface area contributed by atoms with E-state index in [2.05, 4.69) is 15.2 Å². The molecule has 0 unspecified atom stereocenters. The maximum atomic E-state index is 12.1. The van der Waals surface area contributed by atoms with Gasteiger partial charge in [0.05, 0.1) is 31.9 Å². The molecule has 1 fully saturated rings. The van der Waals surface area contributed by atoms with Crippen molar-refractivity contribution in [3.05, 3.63) is 50.9 Å². The number of ether oxygens (including phenoxy) is 1. The van der Waals surface area contributed by atoms with Gasteiger partial charge in [0, 0.05) is 30.0 Å². The van der Waals surface area contributed by atoms with Crippen molar-refractivity contribution in [3.63, 3.8) is 0 Å². The van der Waals surface area contributed by atoms with Crippen molar-refractivity contribution in [1.29, 1.82) is 0 Å². The molecule has 3 rings (SSSR count). The molecule has 2 aromatic rings. The normalized spacial score (nSPS) is 15.4. The van der Waals surface area contributed by atoms with E-state index in [0.29, 0.717) is 18.0 Å². The molecule has 24 heavy (non-hydrogen) atoms. The van der Waals surface area contributed by atoms with Gasteiger partial charge >= 0.3 is 0 Å². The van der Waals surface area contributed by atoms with E-state index in [0.717, 1.165) is 49.1 Å². The van der Waals surface area contributed by atoms with Crippen LogP contribution in [0.15, 0.2) is 29.6 Å². The van der Waals surface area contributed by atoms with Crippen LogP contribution in [0.2, 0.25) is 5.02 Å². The highest BCUT2D eigenvalue weighted by Crippen LogP contribution is 2.15. The van der Waals surface area contributed by atoms with Gasteiger partial charge in [0.25, 0.3) is 0 Å². The minimum atomic E-state index is -0.0434. The number of rotatable bonds is 6. The van der Waals surface area contributed by atoms with E-state index in [9.17, 15) is 4.79 Å². The zero-order valence-electron chi connectivity index (χ0n) is 13.3. The number of amides is 1. The first-order chi connectivity index (χ1) is 11.7. The summed E-state index contributed by atoms with van der Waals surface area (Å²) < 4.78 is 5.35. The third-order valence-electron chi connectivity index (χ3n) is 3.84. The third-order valence-corrected chi connectivity index (χ3v) is 5.09. The molecule has 1 aromatic heterocycles. The predicted octanol–water partition coefficient (Wildman–Crippen LogP) is 2.49. The van der Waals surface area contributed by atoms with Gasteiger partial charge in [-0.25, -0.2) is 4.98 Å².